The van der Waals surface area contributed by atoms with Gasteiger partial charge >= 0.3 is 0 Å². The first-order valence-electron chi connectivity index (χ1n) is 11.0. The van der Waals surface area contributed by atoms with Gasteiger partial charge in [0.1, 0.15) is 5.52 Å². The van der Waals surface area contributed by atoms with Crippen LogP contribution in [-0.4, -0.2) is 67.7 Å². The third-order valence-corrected chi connectivity index (χ3v) is 5.65. The van der Waals surface area contributed by atoms with E-state index in [2.05, 4.69) is 30.8 Å². The summed E-state index contributed by atoms with van der Waals surface area (Å²) < 4.78 is 1.78. The number of aryl methyl sites for hydroxylation is 1. The van der Waals surface area contributed by atoms with Gasteiger partial charge in [-0.2, -0.15) is 10.1 Å². The molecule has 0 bridgehead atoms. The summed E-state index contributed by atoms with van der Waals surface area (Å²) in [5, 5.41) is 17.8. The van der Waals surface area contributed by atoms with Gasteiger partial charge < -0.3 is 20.4 Å². The van der Waals surface area contributed by atoms with Crippen LogP contribution in [0.3, 0.4) is 0 Å². The number of fused-ring (bicyclic) bond motifs is 1. The Hall–Kier alpha value is -4.41. The maximum absolute atomic E-state index is 13.1. The van der Waals surface area contributed by atoms with Gasteiger partial charge in [-0.3, -0.25) is 14.7 Å². The Morgan fingerprint density at radius 3 is 2.59 bits per heavy atom. The fraction of sp³-hybridized carbons (Fsp3) is 0.261. The van der Waals surface area contributed by atoms with Gasteiger partial charge in [0.05, 0.1) is 11.3 Å². The molecule has 3 N–H and O–H groups in total. The van der Waals surface area contributed by atoms with Crippen LogP contribution >= 0.6 is 0 Å². The Morgan fingerprint density at radius 2 is 1.85 bits per heavy atom. The molecule has 34 heavy (non-hydrogen) atoms. The fourth-order valence-electron chi connectivity index (χ4n) is 4.00. The molecule has 3 aromatic heterocycles. The number of nitrogens with one attached hydrogen (secondary N) is 3. The summed E-state index contributed by atoms with van der Waals surface area (Å²) in [6, 6.07) is 12.8. The predicted molar refractivity (Wildman–Crippen MR) is 128 cm³/mol. The first kappa shape index (κ1) is 21.4. The maximum atomic E-state index is 13.1. The number of H-pyrrole nitrogens is 1. The minimum atomic E-state index is -0.211. The Kier molecular flexibility index (Phi) is 5.58. The molecular formula is C23H25N9O2. The van der Waals surface area contributed by atoms with Crippen molar-refractivity contribution in [3.05, 3.63) is 59.9 Å². The van der Waals surface area contributed by atoms with E-state index in [1.165, 1.54) is 6.92 Å². The van der Waals surface area contributed by atoms with Crippen molar-refractivity contribution in [2.45, 2.75) is 13.8 Å². The molecular weight excluding hydrogens is 434 g/mol. The fourth-order valence-corrected chi connectivity index (χ4v) is 4.00. The van der Waals surface area contributed by atoms with Gasteiger partial charge in [-0.1, -0.05) is 12.1 Å². The highest BCUT2D eigenvalue weighted by atomic mass is 16.2. The summed E-state index contributed by atoms with van der Waals surface area (Å²) >= 11 is 0. The predicted octanol–water partition coefficient (Wildman–Crippen LogP) is 2.43. The number of carbonyl (C=O) groups excluding carboxylic acids is 2. The largest absolute Gasteiger partial charge is 0.336 e. The number of para-hydroxylation sites is 1. The molecule has 5 rings (SSSR count). The van der Waals surface area contributed by atoms with Crippen LogP contribution < -0.4 is 15.5 Å². The second kappa shape index (κ2) is 8.85. The third kappa shape index (κ3) is 4.27. The quantitative estimate of drug-likeness (QED) is 0.419. The summed E-state index contributed by atoms with van der Waals surface area (Å²) in [4.78, 5) is 33.3. The molecule has 174 valence electrons. The number of nitrogens with zero attached hydrogens (tertiary/aromatic N) is 6. The summed E-state index contributed by atoms with van der Waals surface area (Å²) in [5.41, 5.74) is 2.79. The average Bonchev–Trinajstić information content (AvgIpc) is 3.47. The van der Waals surface area contributed by atoms with E-state index >= 15 is 0 Å². The number of carbonyl (C=O) groups is 2. The molecule has 1 fully saturated rings. The number of aromatic amines is 1. The average molecular weight is 460 g/mol. The number of piperazine rings is 1. The van der Waals surface area contributed by atoms with E-state index < -0.39 is 0 Å². The maximum Gasteiger partial charge on any atom is 0.256 e. The lowest BCUT2D eigenvalue weighted by molar-refractivity contribution is -0.114. The molecule has 0 unspecified atom stereocenters. The Bertz CT molecular complexity index is 1350. The smallest absolute Gasteiger partial charge is 0.256 e. The third-order valence-electron chi connectivity index (χ3n) is 5.65. The molecule has 1 aliphatic heterocycles. The lowest BCUT2D eigenvalue weighted by Crippen LogP contribution is -2.49. The van der Waals surface area contributed by atoms with E-state index in [0.29, 0.717) is 55.0 Å². The van der Waals surface area contributed by atoms with Crippen LogP contribution in [0.5, 0.6) is 0 Å². The van der Waals surface area contributed by atoms with Crippen LogP contribution in [0.15, 0.2) is 48.7 Å². The molecule has 11 nitrogen and oxygen atoms in total. The van der Waals surface area contributed by atoms with Crippen molar-refractivity contribution in [3.63, 3.8) is 0 Å². The Labute approximate surface area is 195 Å². The van der Waals surface area contributed by atoms with Gasteiger partial charge in [0.25, 0.3) is 5.91 Å². The van der Waals surface area contributed by atoms with Gasteiger partial charge in [0.15, 0.2) is 11.6 Å². The highest BCUT2D eigenvalue weighted by Crippen LogP contribution is 2.23. The topological polar surface area (TPSA) is 124 Å². The molecule has 2 amide bonds. The molecule has 0 spiro atoms. The van der Waals surface area contributed by atoms with Crippen LogP contribution in [0.1, 0.15) is 23.0 Å². The second-order valence-electron chi connectivity index (χ2n) is 8.17. The van der Waals surface area contributed by atoms with E-state index in [1.54, 1.807) is 33.7 Å². The van der Waals surface area contributed by atoms with Crippen LogP contribution in [0.4, 0.5) is 23.3 Å². The summed E-state index contributed by atoms with van der Waals surface area (Å²) in [7, 11) is 0. The van der Waals surface area contributed by atoms with Gasteiger partial charge in [-0.05, 0) is 31.2 Å². The summed E-state index contributed by atoms with van der Waals surface area (Å²) in [5.74, 6) is 1.59. The van der Waals surface area contributed by atoms with Crippen molar-refractivity contribution in [2.75, 3.05) is 41.7 Å². The van der Waals surface area contributed by atoms with E-state index in [0.717, 1.165) is 11.2 Å². The minimum absolute atomic E-state index is 0.109. The van der Waals surface area contributed by atoms with Crippen LogP contribution in [0.2, 0.25) is 0 Å². The number of benzene rings is 1. The molecule has 11 heteroatoms. The van der Waals surface area contributed by atoms with Crippen LogP contribution in [-0.2, 0) is 4.79 Å². The van der Waals surface area contributed by atoms with E-state index in [9.17, 15) is 9.59 Å². The monoisotopic (exact) mass is 459 g/mol. The summed E-state index contributed by atoms with van der Waals surface area (Å²) in [6.45, 7) is 5.57. The van der Waals surface area contributed by atoms with Crippen molar-refractivity contribution >= 4 is 40.6 Å². The Morgan fingerprint density at radius 1 is 1.06 bits per heavy atom. The first-order valence-corrected chi connectivity index (χ1v) is 11.0. The summed E-state index contributed by atoms with van der Waals surface area (Å²) in [6.07, 6.45) is 1.88. The highest BCUT2D eigenvalue weighted by molar-refractivity contribution is 6.03. The number of hydrogen-bond acceptors (Lipinski definition) is 7. The van der Waals surface area contributed by atoms with Gasteiger partial charge in [-0.15, -0.1) is 5.10 Å². The lowest BCUT2D eigenvalue weighted by atomic mass is 10.1. The molecule has 0 saturated carbocycles. The molecule has 0 atom stereocenters. The van der Waals surface area contributed by atoms with Gasteiger partial charge in [-0.25, -0.2) is 4.52 Å². The van der Waals surface area contributed by atoms with Crippen LogP contribution in [0.25, 0.3) is 5.52 Å². The standard InChI is InChI=1S/C23H25N9O2/c1-15-14-20(28-27-15)25-21-19-8-5-9-32(19)29-23(26-21)31-12-10-30(11-13-31)22(34)17-6-3-4-7-18(17)24-16(2)33/h3-9,14H,10-13H2,1-2H3,(H,24,33)(H2,25,26,27,28,29). The van der Waals surface area contributed by atoms with Crippen molar-refractivity contribution in [1.29, 1.82) is 0 Å². The van der Waals surface area contributed by atoms with E-state index in [4.69, 9.17) is 4.98 Å². The van der Waals surface area contributed by atoms with Crippen molar-refractivity contribution in [2.24, 2.45) is 0 Å². The zero-order valence-corrected chi connectivity index (χ0v) is 18.9. The lowest BCUT2D eigenvalue weighted by Gasteiger charge is -2.35. The molecule has 0 aliphatic carbocycles. The Balaban J connectivity index is 1.33. The number of rotatable bonds is 5. The zero-order valence-electron chi connectivity index (χ0n) is 18.9. The number of amides is 2. The van der Waals surface area contributed by atoms with Gasteiger partial charge in [0, 0.05) is 51.1 Å². The molecule has 4 heterocycles. The SMILES string of the molecule is CC(=O)Nc1ccccc1C(=O)N1CCN(c2nc(Nc3cc(C)[nH]n3)c3cccn3n2)CC1. The number of anilines is 4. The van der Waals surface area contributed by atoms with Crippen LogP contribution in [0, 0.1) is 6.92 Å². The van der Waals surface area contributed by atoms with Crippen molar-refractivity contribution in [3.8, 4) is 0 Å². The zero-order chi connectivity index (χ0) is 23.7. The molecule has 1 saturated heterocycles. The van der Waals surface area contributed by atoms with Gasteiger partial charge in [0.2, 0.25) is 11.9 Å². The molecule has 0 radical (unpaired) electrons. The van der Waals surface area contributed by atoms with Crippen molar-refractivity contribution in [1.82, 2.24) is 29.7 Å². The van der Waals surface area contributed by atoms with Crippen molar-refractivity contribution < 1.29 is 9.59 Å². The molecule has 1 aliphatic rings. The number of aromatic nitrogens is 5. The van der Waals surface area contributed by atoms with E-state index in [1.807, 2.05) is 31.3 Å². The highest BCUT2D eigenvalue weighted by Gasteiger charge is 2.26. The number of hydrogen-bond donors (Lipinski definition) is 3. The van der Waals surface area contributed by atoms with E-state index in [-0.39, 0.29) is 11.8 Å². The second-order valence-corrected chi connectivity index (χ2v) is 8.17. The first-order chi connectivity index (χ1) is 16.5. The molecule has 1 aromatic carbocycles. The normalized spacial score (nSPS) is 13.8. The molecule has 4 aromatic rings. The minimum Gasteiger partial charge on any atom is -0.336 e.